The zero-order chi connectivity index (χ0) is 21.1. The van der Waals surface area contributed by atoms with Gasteiger partial charge in [0.1, 0.15) is 0 Å². The van der Waals surface area contributed by atoms with Crippen molar-refractivity contribution < 1.29 is 5.11 Å². The third-order valence-electron chi connectivity index (χ3n) is 5.52. The van der Waals surface area contributed by atoms with Crippen molar-refractivity contribution in [2.75, 3.05) is 13.1 Å². The molecule has 30 heavy (non-hydrogen) atoms. The van der Waals surface area contributed by atoms with E-state index in [9.17, 15) is 9.90 Å². The van der Waals surface area contributed by atoms with Crippen LogP contribution in [0.3, 0.4) is 0 Å². The number of thiocarbonyl (C=S) groups is 1. The summed E-state index contributed by atoms with van der Waals surface area (Å²) in [6, 6.07) is 15.1. The Morgan fingerprint density at radius 1 is 1.20 bits per heavy atom. The maximum Gasteiger partial charge on any atom is 0.261 e. The number of hydrogen-bond acceptors (Lipinski definition) is 4. The Morgan fingerprint density at radius 2 is 1.93 bits per heavy atom. The summed E-state index contributed by atoms with van der Waals surface area (Å²) in [6.45, 7) is 2.13. The lowest BCUT2D eigenvalue weighted by molar-refractivity contribution is -0.0226. The van der Waals surface area contributed by atoms with Gasteiger partial charge in [0.25, 0.3) is 5.56 Å². The van der Waals surface area contributed by atoms with Crippen LogP contribution in [0.15, 0.2) is 59.7 Å². The lowest BCUT2D eigenvalue weighted by atomic mass is 9.91. The van der Waals surface area contributed by atoms with E-state index in [4.69, 9.17) is 23.8 Å². The van der Waals surface area contributed by atoms with E-state index in [1.54, 1.807) is 18.2 Å². The Balaban J connectivity index is 1.37. The van der Waals surface area contributed by atoms with E-state index in [1.165, 1.54) is 10.9 Å². The molecule has 0 bridgehead atoms. The van der Waals surface area contributed by atoms with Crippen LogP contribution in [0.2, 0.25) is 5.02 Å². The van der Waals surface area contributed by atoms with Crippen LogP contribution in [-0.2, 0) is 13.1 Å². The molecule has 3 aromatic rings. The van der Waals surface area contributed by atoms with Gasteiger partial charge in [-0.2, -0.15) is 0 Å². The van der Waals surface area contributed by atoms with Crippen molar-refractivity contribution in [2.24, 2.45) is 0 Å². The number of benzene rings is 2. The molecule has 0 amide bonds. The molecule has 0 spiro atoms. The Labute approximate surface area is 185 Å². The first-order valence-electron chi connectivity index (χ1n) is 9.87. The summed E-state index contributed by atoms with van der Waals surface area (Å²) in [6.07, 6.45) is 2.52. The molecule has 156 valence electrons. The molecule has 2 aromatic carbocycles. The topological polar surface area (TPSA) is 70.4 Å². The van der Waals surface area contributed by atoms with Crippen molar-refractivity contribution in [2.45, 2.75) is 31.5 Å². The van der Waals surface area contributed by atoms with Gasteiger partial charge >= 0.3 is 0 Å². The van der Waals surface area contributed by atoms with E-state index >= 15 is 0 Å². The average molecular weight is 443 g/mol. The molecule has 2 N–H and O–H groups in total. The highest BCUT2D eigenvalue weighted by Gasteiger charge is 2.34. The quantitative estimate of drug-likeness (QED) is 0.605. The number of rotatable bonds is 4. The fourth-order valence-electron chi connectivity index (χ4n) is 3.73. The maximum absolute atomic E-state index is 12.8. The second-order valence-electron chi connectivity index (χ2n) is 7.69. The Kier molecular flexibility index (Phi) is 6.04. The minimum Gasteiger partial charge on any atom is -0.388 e. The Morgan fingerprint density at radius 3 is 2.67 bits per heavy atom. The number of aliphatic hydroxyl groups is 1. The molecule has 6 nitrogen and oxygen atoms in total. The highest BCUT2D eigenvalue weighted by molar-refractivity contribution is 7.80. The Bertz CT molecular complexity index is 1110. The normalized spacial score (nSPS) is 15.9. The van der Waals surface area contributed by atoms with Gasteiger partial charge in [0.2, 0.25) is 0 Å². The van der Waals surface area contributed by atoms with Crippen LogP contribution in [0.5, 0.6) is 0 Å². The van der Waals surface area contributed by atoms with Gasteiger partial charge in [-0.15, -0.1) is 0 Å². The highest BCUT2D eigenvalue weighted by atomic mass is 35.5. The summed E-state index contributed by atoms with van der Waals surface area (Å²) in [5.74, 6) is 0. The second-order valence-corrected chi connectivity index (χ2v) is 8.52. The van der Waals surface area contributed by atoms with Crippen molar-refractivity contribution in [3.8, 4) is 0 Å². The zero-order valence-corrected chi connectivity index (χ0v) is 18.0. The van der Waals surface area contributed by atoms with E-state index in [0.29, 0.717) is 53.5 Å². The molecule has 1 fully saturated rings. The maximum atomic E-state index is 12.8. The number of nitrogens with zero attached hydrogens (tertiary/aromatic N) is 3. The van der Waals surface area contributed by atoms with Crippen molar-refractivity contribution in [1.82, 2.24) is 19.8 Å². The molecule has 8 heteroatoms. The first-order chi connectivity index (χ1) is 14.4. The summed E-state index contributed by atoms with van der Waals surface area (Å²) >= 11 is 11.5. The number of halogens is 1. The Hall–Kier alpha value is -2.48. The van der Waals surface area contributed by atoms with Crippen LogP contribution in [0.4, 0.5) is 0 Å². The molecule has 1 aliphatic heterocycles. The van der Waals surface area contributed by atoms with E-state index < -0.39 is 5.60 Å². The first kappa shape index (κ1) is 20.8. The SMILES string of the molecule is O=c1c2ccc(Cl)cc2ncn1CC1(O)CCN(C(=S)NCc2ccccc2)CC1. The van der Waals surface area contributed by atoms with Crippen LogP contribution < -0.4 is 10.9 Å². The second kappa shape index (κ2) is 8.71. The lowest BCUT2D eigenvalue weighted by Gasteiger charge is -2.39. The fourth-order valence-corrected chi connectivity index (χ4v) is 4.15. The third-order valence-corrected chi connectivity index (χ3v) is 6.16. The van der Waals surface area contributed by atoms with Crippen LogP contribution in [0.1, 0.15) is 18.4 Å². The van der Waals surface area contributed by atoms with Gasteiger partial charge in [-0.1, -0.05) is 41.9 Å². The minimum absolute atomic E-state index is 0.174. The van der Waals surface area contributed by atoms with Gasteiger partial charge in [0.05, 0.1) is 29.4 Å². The molecule has 0 radical (unpaired) electrons. The van der Waals surface area contributed by atoms with Crippen LogP contribution in [0.25, 0.3) is 10.9 Å². The zero-order valence-electron chi connectivity index (χ0n) is 16.4. The number of likely N-dealkylation sites (tertiary alicyclic amines) is 1. The standard InChI is InChI=1S/C22H23ClN4O2S/c23-17-6-7-18-19(12-17)25-15-27(20(18)28)14-22(29)8-10-26(11-9-22)21(30)24-13-16-4-2-1-3-5-16/h1-7,12,15,29H,8-11,13-14H2,(H,24,30). The molecule has 0 atom stereocenters. The smallest absolute Gasteiger partial charge is 0.261 e. The third kappa shape index (κ3) is 4.64. The molecule has 1 saturated heterocycles. The summed E-state index contributed by atoms with van der Waals surface area (Å²) in [4.78, 5) is 19.2. The van der Waals surface area contributed by atoms with Crippen LogP contribution >= 0.6 is 23.8 Å². The summed E-state index contributed by atoms with van der Waals surface area (Å²) in [5.41, 5.74) is 0.572. The van der Waals surface area contributed by atoms with Gasteiger partial charge in [0.15, 0.2) is 5.11 Å². The first-order valence-corrected chi connectivity index (χ1v) is 10.7. The monoisotopic (exact) mass is 442 g/mol. The molecule has 1 aromatic heterocycles. The van der Waals surface area contributed by atoms with Crippen molar-refractivity contribution >= 4 is 39.8 Å². The lowest BCUT2D eigenvalue weighted by Crippen LogP contribution is -2.51. The minimum atomic E-state index is -0.975. The summed E-state index contributed by atoms with van der Waals surface area (Å²) in [5, 5.41) is 16.1. The average Bonchev–Trinajstić information content (AvgIpc) is 2.75. The highest BCUT2D eigenvalue weighted by Crippen LogP contribution is 2.24. The van der Waals surface area contributed by atoms with Crippen LogP contribution in [0, 0.1) is 0 Å². The number of aromatic nitrogens is 2. The number of fused-ring (bicyclic) bond motifs is 1. The van der Waals surface area contributed by atoms with E-state index in [-0.39, 0.29) is 12.1 Å². The molecular formula is C22H23ClN4O2S. The van der Waals surface area contributed by atoms with Crippen LogP contribution in [-0.4, -0.2) is 43.4 Å². The van der Waals surface area contributed by atoms with Gasteiger partial charge in [0, 0.05) is 24.7 Å². The predicted octanol–water partition coefficient (Wildman–Crippen LogP) is 2.95. The number of hydrogen-bond donors (Lipinski definition) is 2. The molecule has 2 heterocycles. The summed E-state index contributed by atoms with van der Waals surface area (Å²) < 4.78 is 1.48. The molecule has 0 aliphatic carbocycles. The fraction of sp³-hybridized carbons (Fsp3) is 0.318. The van der Waals surface area contributed by atoms with Gasteiger partial charge in [-0.25, -0.2) is 4.98 Å². The molecule has 0 saturated carbocycles. The van der Waals surface area contributed by atoms with E-state index in [2.05, 4.69) is 15.2 Å². The van der Waals surface area contributed by atoms with E-state index in [0.717, 1.165) is 5.56 Å². The molecule has 0 unspecified atom stereocenters. The number of piperidine rings is 1. The molecule has 4 rings (SSSR count). The van der Waals surface area contributed by atoms with Gasteiger partial charge < -0.3 is 15.3 Å². The largest absolute Gasteiger partial charge is 0.388 e. The number of nitrogens with one attached hydrogen (secondary N) is 1. The van der Waals surface area contributed by atoms with Crippen molar-refractivity contribution in [1.29, 1.82) is 0 Å². The van der Waals surface area contributed by atoms with Crippen molar-refractivity contribution in [3.05, 3.63) is 75.8 Å². The van der Waals surface area contributed by atoms with Crippen molar-refractivity contribution in [3.63, 3.8) is 0 Å². The van der Waals surface area contributed by atoms with Gasteiger partial charge in [-0.3, -0.25) is 9.36 Å². The molecule has 1 aliphatic rings. The van der Waals surface area contributed by atoms with Gasteiger partial charge in [-0.05, 0) is 48.8 Å². The molecular weight excluding hydrogens is 420 g/mol. The van der Waals surface area contributed by atoms with E-state index in [1.807, 2.05) is 30.3 Å². The summed E-state index contributed by atoms with van der Waals surface area (Å²) in [7, 11) is 0. The predicted molar refractivity (Wildman–Crippen MR) is 123 cm³/mol.